The van der Waals surface area contributed by atoms with Gasteiger partial charge in [0.1, 0.15) is 0 Å². The number of aromatic nitrogens is 1. The molecule has 0 aromatic carbocycles. The molecule has 1 aromatic rings. The maximum Gasteiger partial charge on any atom is 0.185 e. The second-order valence-electron chi connectivity index (χ2n) is 5.98. The molecule has 1 N–H and O–H groups in total. The van der Waals surface area contributed by atoms with E-state index in [0.717, 1.165) is 5.92 Å². The van der Waals surface area contributed by atoms with Crippen LogP contribution in [0.5, 0.6) is 0 Å². The van der Waals surface area contributed by atoms with E-state index in [2.05, 4.69) is 38.0 Å². The molecule has 0 amide bonds. The molecule has 1 heterocycles. The van der Waals surface area contributed by atoms with Gasteiger partial charge in [0, 0.05) is 24.0 Å². The minimum Gasteiger partial charge on any atom is -0.348 e. The monoisotopic (exact) mass is 281 g/mol. The van der Waals surface area contributed by atoms with Crippen molar-refractivity contribution >= 4 is 16.5 Å². The highest BCUT2D eigenvalue weighted by Gasteiger charge is 2.24. The molecule has 0 radical (unpaired) electrons. The van der Waals surface area contributed by atoms with Crippen LogP contribution in [0.2, 0.25) is 0 Å². The Bertz CT molecular complexity index is 408. The Morgan fingerprint density at radius 3 is 2.53 bits per heavy atom. The Balaban J connectivity index is 2.09. The average Bonchev–Trinajstić information content (AvgIpc) is 2.80. The summed E-state index contributed by atoms with van der Waals surface area (Å²) in [6.45, 7) is 6.70. The van der Waals surface area contributed by atoms with E-state index in [4.69, 9.17) is 4.98 Å². The van der Waals surface area contributed by atoms with Gasteiger partial charge in [0.2, 0.25) is 0 Å². The Morgan fingerprint density at radius 1 is 1.32 bits per heavy atom. The fraction of sp³-hybridized carbons (Fsp3) is 0.800. The van der Waals surface area contributed by atoms with Crippen molar-refractivity contribution in [2.75, 3.05) is 19.0 Å². The van der Waals surface area contributed by atoms with E-state index in [0.29, 0.717) is 12.1 Å². The molecular formula is C15H27N3S. The van der Waals surface area contributed by atoms with E-state index >= 15 is 0 Å². The second kappa shape index (κ2) is 6.23. The fourth-order valence-corrected chi connectivity index (χ4v) is 4.02. The molecule has 1 saturated carbocycles. The summed E-state index contributed by atoms with van der Waals surface area (Å²) < 4.78 is 0. The van der Waals surface area contributed by atoms with Crippen LogP contribution >= 0.6 is 11.3 Å². The number of anilines is 1. The lowest BCUT2D eigenvalue weighted by Gasteiger charge is -2.33. The zero-order valence-corrected chi connectivity index (χ0v) is 13.7. The van der Waals surface area contributed by atoms with Crippen LogP contribution in [-0.4, -0.2) is 25.1 Å². The topological polar surface area (TPSA) is 28.2 Å². The van der Waals surface area contributed by atoms with Gasteiger partial charge in [-0.3, -0.25) is 0 Å². The molecule has 1 unspecified atom stereocenters. The molecule has 1 fully saturated rings. The Hall–Kier alpha value is -0.610. The number of nitrogens with one attached hydrogen (secondary N) is 1. The van der Waals surface area contributed by atoms with Crippen molar-refractivity contribution < 1.29 is 0 Å². The number of hydrogen-bond donors (Lipinski definition) is 1. The van der Waals surface area contributed by atoms with Gasteiger partial charge < -0.3 is 10.2 Å². The van der Waals surface area contributed by atoms with Crippen LogP contribution in [0.4, 0.5) is 5.13 Å². The minimum absolute atomic E-state index is 0.394. The van der Waals surface area contributed by atoms with Gasteiger partial charge in [-0.05, 0) is 52.5 Å². The normalized spacial score (nSPS) is 25.3. The molecule has 3 nitrogen and oxygen atoms in total. The van der Waals surface area contributed by atoms with E-state index in [1.165, 1.54) is 41.4 Å². The first-order chi connectivity index (χ1) is 9.02. The summed E-state index contributed by atoms with van der Waals surface area (Å²) in [5, 5.41) is 4.50. The van der Waals surface area contributed by atoms with E-state index in [1.807, 2.05) is 18.4 Å². The van der Waals surface area contributed by atoms with Gasteiger partial charge in [0.15, 0.2) is 5.13 Å². The highest BCUT2D eigenvalue weighted by Crippen LogP contribution is 2.34. The van der Waals surface area contributed by atoms with E-state index in [-0.39, 0.29) is 0 Å². The maximum atomic E-state index is 4.78. The summed E-state index contributed by atoms with van der Waals surface area (Å²) in [6.07, 6.45) is 5.35. The van der Waals surface area contributed by atoms with Gasteiger partial charge in [-0.2, -0.15) is 0 Å². The van der Waals surface area contributed by atoms with Gasteiger partial charge >= 0.3 is 0 Å². The van der Waals surface area contributed by atoms with Crippen LogP contribution in [0.15, 0.2) is 0 Å². The first-order valence-electron chi connectivity index (χ1n) is 7.40. The third kappa shape index (κ3) is 3.29. The van der Waals surface area contributed by atoms with Crippen LogP contribution in [0.3, 0.4) is 0 Å². The van der Waals surface area contributed by atoms with Crippen molar-refractivity contribution in [3.63, 3.8) is 0 Å². The van der Waals surface area contributed by atoms with Crippen molar-refractivity contribution in [1.82, 2.24) is 10.3 Å². The van der Waals surface area contributed by atoms with Crippen molar-refractivity contribution in [3.8, 4) is 0 Å². The van der Waals surface area contributed by atoms with Crippen LogP contribution in [0, 0.1) is 12.8 Å². The van der Waals surface area contributed by atoms with Gasteiger partial charge in [0.25, 0.3) is 0 Å². The molecule has 0 bridgehead atoms. The lowest BCUT2D eigenvalue weighted by Crippen LogP contribution is -2.34. The second-order valence-corrected chi connectivity index (χ2v) is 6.99. The third-order valence-electron chi connectivity index (χ3n) is 4.48. The number of rotatable bonds is 4. The van der Waals surface area contributed by atoms with Gasteiger partial charge in [-0.15, -0.1) is 11.3 Å². The molecule has 1 aromatic heterocycles. The first-order valence-corrected chi connectivity index (χ1v) is 8.22. The summed E-state index contributed by atoms with van der Waals surface area (Å²) >= 11 is 1.85. The van der Waals surface area contributed by atoms with Crippen molar-refractivity contribution in [2.24, 2.45) is 5.92 Å². The minimum atomic E-state index is 0.394. The summed E-state index contributed by atoms with van der Waals surface area (Å²) in [7, 11) is 4.22. The number of nitrogens with zero attached hydrogens (tertiary/aromatic N) is 2. The van der Waals surface area contributed by atoms with Crippen LogP contribution in [0.1, 0.15) is 56.1 Å². The molecule has 0 aliphatic heterocycles. The number of hydrogen-bond acceptors (Lipinski definition) is 4. The predicted molar refractivity (Wildman–Crippen MR) is 84.1 cm³/mol. The lowest BCUT2D eigenvalue weighted by molar-refractivity contribution is 0.340. The zero-order valence-electron chi connectivity index (χ0n) is 12.9. The van der Waals surface area contributed by atoms with Crippen LogP contribution in [0.25, 0.3) is 0 Å². The molecule has 1 atom stereocenters. The molecule has 0 spiro atoms. The maximum absolute atomic E-state index is 4.78. The molecular weight excluding hydrogens is 254 g/mol. The van der Waals surface area contributed by atoms with Gasteiger partial charge in [0.05, 0.1) is 5.69 Å². The smallest absolute Gasteiger partial charge is 0.185 e. The fourth-order valence-electron chi connectivity index (χ4n) is 2.86. The SMILES string of the molecule is CNC(C)c1sc(N(C)C2CCC(C)CC2)nc1C. The van der Waals surface area contributed by atoms with E-state index in [9.17, 15) is 0 Å². The van der Waals surface area contributed by atoms with Crippen LogP contribution in [-0.2, 0) is 0 Å². The summed E-state index contributed by atoms with van der Waals surface area (Å²) in [6, 6.07) is 1.07. The summed E-state index contributed by atoms with van der Waals surface area (Å²) in [5.41, 5.74) is 1.18. The molecule has 2 rings (SSSR count). The summed E-state index contributed by atoms with van der Waals surface area (Å²) in [4.78, 5) is 8.56. The Morgan fingerprint density at radius 2 is 1.95 bits per heavy atom. The first kappa shape index (κ1) is 14.8. The van der Waals surface area contributed by atoms with Gasteiger partial charge in [-0.25, -0.2) is 4.98 Å². The average molecular weight is 281 g/mol. The lowest BCUT2D eigenvalue weighted by atomic mass is 9.87. The number of aryl methyl sites for hydroxylation is 1. The number of thiazole rings is 1. The van der Waals surface area contributed by atoms with Crippen LogP contribution < -0.4 is 10.2 Å². The summed E-state index contributed by atoms with van der Waals surface area (Å²) in [5.74, 6) is 0.905. The van der Waals surface area contributed by atoms with Crippen molar-refractivity contribution in [3.05, 3.63) is 10.6 Å². The molecule has 4 heteroatoms. The Labute approximate surface area is 121 Å². The predicted octanol–water partition coefficient (Wildman–Crippen LogP) is 3.75. The molecule has 1 aliphatic carbocycles. The molecule has 0 saturated heterocycles. The molecule has 108 valence electrons. The molecule has 19 heavy (non-hydrogen) atoms. The standard InChI is InChI=1S/C15H27N3S/c1-10-6-8-13(9-7-10)18(5)15-17-12(3)14(19-15)11(2)16-4/h10-11,13,16H,6-9H2,1-5H3. The quantitative estimate of drug-likeness (QED) is 0.911. The van der Waals surface area contributed by atoms with Crippen molar-refractivity contribution in [1.29, 1.82) is 0 Å². The van der Waals surface area contributed by atoms with Crippen molar-refractivity contribution in [2.45, 2.75) is 58.5 Å². The third-order valence-corrected chi connectivity index (χ3v) is 5.91. The zero-order chi connectivity index (χ0) is 14.0. The van der Waals surface area contributed by atoms with Gasteiger partial charge in [-0.1, -0.05) is 6.92 Å². The molecule has 1 aliphatic rings. The van der Waals surface area contributed by atoms with E-state index in [1.54, 1.807) is 0 Å². The largest absolute Gasteiger partial charge is 0.348 e. The highest BCUT2D eigenvalue weighted by molar-refractivity contribution is 7.15. The highest BCUT2D eigenvalue weighted by atomic mass is 32.1. The Kier molecular flexibility index (Phi) is 4.85. The van der Waals surface area contributed by atoms with E-state index < -0.39 is 0 Å².